The van der Waals surface area contributed by atoms with Gasteiger partial charge in [-0.05, 0) is 0 Å². The van der Waals surface area contributed by atoms with Crippen molar-refractivity contribution >= 4 is 76.5 Å². The minimum absolute atomic E-state index is 0. The van der Waals surface area contributed by atoms with Gasteiger partial charge in [0.2, 0.25) is 0 Å². The van der Waals surface area contributed by atoms with Crippen molar-refractivity contribution in [2.75, 3.05) is 13.1 Å². The second-order valence-electron chi connectivity index (χ2n) is 2.65. The van der Waals surface area contributed by atoms with Gasteiger partial charge in [0, 0.05) is 40.8 Å². The van der Waals surface area contributed by atoms with Crippen molar-refractivity contribution < 1.29 is 39.6 Å². The molecule has 22 heavy (non-hydrogen) atoms. The van der Waals surface area contributed by atoms with Crippen LogP contribution in [-0.2, 0) is 19.2 Å². The molecule has 8 N–H and O–H groups in total. The summed E-state index contributed by atoms with van der Waals surface area (Å²) in [5.74, 6) is -3.33. The van der Waals surface area contributed by atoms with Crippen LogP contribution in [0.15, 0.2) is 0 Å². The van der Waals surface area contributed by atoms with Gasteiger partial charge < -0.3 is 31.9 Å². The second kappa shape index (κ2) is 42.8. The number of aliphatic carboxylic acids is 4. The SMILES string of the molecule is CC(=O)O.CC(=O)O.CC(=O)O.CC(=O)O.NCCN.[MgH2].[NaH]. The zero-order chi connectivity index (χ0) is 17.7. The summed E-state index contributed by atoms with van der Waals surface area (Å²) in [4.78, 5) is 36.0. The van der Waals surface area contributed by atoms with Gasteiger partial charge in [0.25, 0.3) is 23.9 Å². The molecule has 0 saturated carbocycles. The standard InChI is InChI=1S/C2H8N2.4C2H4O2.Mg.Na.3H/c3-1-2-4;4*1-2(3)4;;;;;/h1-4H2;4*1H3,(H,3,4);;;;;. The Balaban J connectivity index is -0.0000000250. The normalized spacial score (nSPS) is 5.91. The molecule has 0 unspecified atom stereocenters. The summed E-state index contributed by atoms with van der Waals surface area (Å²) < 4.78 is 0. The van der Waals surface area contributed by atoms with E-state index in [1.165, 1.54) is 0 Å². The fraction of sp³-hybridized carbons (Fsp3) is 0.600. The maximum atomic E-state index is 9.00. The zero-order valence-electron chi connectivity index (χ0n) is 12.0. The van der Waals surface area contributed by atoms with E-state index in [1.807, 2.05) is 0 Å². The van der Waals surface area contributed by atoms with E-state index in [-0.39, 0.29) is 52.6 Å². The molecule has 0 aliphatic heterocycles. The van der Waals surface area contributed by atoms with Crippen molar-refractivity contribution in [3.8, 4) is 0 Å². The molecule has 0 atom stereocenters. The summed E-state index contributed by atoms with van der Waals surface area (Å²) in [5, 5.41) is 29.7. The van der Waals surface area contributed by atoms with Crippen molar-refractivity contribution in [3.05, 3.63) is 0 Å². The number of carboxylic acid groups (broad SMARTS) is 4. The van der Waals surface area contributed by atoms with Crippen LogP contribution < -0.4 is 11.5 Å². The van der Waals surface area contributed by atoms with Crippen LogP contribution in [0.3, 0.4) is 0 Å². The third kappa shape index (κ3) is 21000. The van der Waals surface area contributed by atoms with Crippen molar-refractivity contribution in [2.45, 2.75) is 27.7 Å². The fourth-order valence-corrected chi connectivity index (χ4v) is 0. The number of carbonyl (C=O) groups is 4. The van der Waals surface area contributed by atoms with E-state index in [4.69, 9.17) is 51.1 Å². The van der Waals surface area contributed by atoms with E-state index in [9.17, 15) is 0 Å². The number of hydrogen-bond donors (Lipinski definition) is 6. The van der Waals surface area contributed by atoms with Crippen LogP contribution in [0, 0.1) is 0 Å². The summed E-state index contributed by atoms with van der Waals surface area (Å²) >= 11 is 0. The molecule has 0 fully saturated rings. The molecule has 0 spiro atoms. The van der Waals surface area contributed by atoms with Gasteiger partial charge in [-0.15, -0.1) is 0 Å². The zero-order valence-corrected chi connectivity index (χ0v) is 12.0. The Bertz CT molecular complexity index is 201. The van der Waals surface area contributed by atoms with Crippen molar-refractivity contribution in [1.29, 1.82) is 0 Å². The molecule has 0 aromatic carbocycles. The fourth-order valence-electron chi connectivity index (χ4n) is 0. The molecule has 0 aliphatic carbocycles. The van der Waals surface area contributed by atoms with Crippen molar-refractivity contribution in [3.63, 3.8) is 0 Å². The molecule has 0 heterocycles. The van der Waals surface area contributed by atoms with Crippen LogP contribution in [0.4, 0.5) is 0 Å². The Morgan fingerprint density at radius 1 is 0.636 bits per heavy atom. The molecule has 0 aromatic rings. The van der Waals surface area contributed by atoms with Crippen LogP contribution in [0.5, 0.6) is 0 Å². The Morgan fingerprint density at radius 3 is 0.682 bits per heavy atom. The molecule has 12 heteroatoms. The van der Waals surface area contributed by atoms with E-state index >= 15 is 0 Å². The van der Waals surface area contributed by atoms with Gasteiger partial charge in [-0.3, -0.25) is 19.2 Å². The predicted octanol–water partition coefficient (Wildman–Crippen LogP) is -2.30. The number of carboxylic acids is 4. The molecule has 0 rings (SSSR count). The van der Waals surface area contributed by atoms with Gasteiger partial charge >= 0.3 is 52.6 Å². The van der Waals surface area contributed by atoms with Crippen molar-refractivity contribution in [1.82, 2.24) is 0 Å². The first kappa shape index (κ1) is 43.0. The number of rotatable bonds is 1. The maximum absolute atomic E-state index is 9.00. The van der Waals surface area contributed by atoms with Crippen LogP contribution in [0.2, 0.25) is 0 Å². The first-order chi connectivity index (χ1) is 8.84. The van der Waals surface area contributed by atoms with Gasteiger partial charge in [-0.1, -0.05) is 0 Å². The average Bonchev–Trinajstić information content (AvgIpc) is 2.13. The summed E-state index contributed by atoms with van der Waals surface area (Å²) in [6.45, 7) is 5.53. The van der Waals surface area contributed by atoms with Crippen molar-refractivity contribution in [2.24, 2.45) is 11.5 Å². The molecule has 0 radical (unpaired) electrons. The molecule has 10 nitrogen and oxygen atoms in total. The Kier molecular flexibility index (Phi) is 83.6. The number of nitrogens with two attached hydrogens (primary N) is 2. The topological polar surface area (TPSA) is 201 Å². The monoisotopic (exact) mass is 350 g/mol. The molecule has 0 saturated heterocycles. The van der Waals surface area contributed by atoms with E-state index < -0.39 is 23.9 Å². The molecule has 0 bridgehead atoms. The Labute approximate surface area is 167 Å². The summed E-state index contributed by atoms with van der Waals surface area (Å²) in [7, 11) is 0. The third-order valence-electron chi connectivity index (χ3n) is 0.167. The molecule has 0 aromatic heterocycles. The second-order valence-corrected chi connectivity index (χ2v) is 2.65. The van der Waals surface area contributed by atoms with Crippen LogP contribution in [0.1, 0.15) is 27.7 Å². The van der Waals surface area contributed by atoms with Crippen LogP contribution in [-0.4, -0.2) is 110 Å². The first-order valence-corrected chi connectivity index (χ1v) is 5.03. The van der Waals surface area contributed by atoms with E-state index in [1.54, 1.807) is 0 Å². The predicted molar refractivity (Wildman–Crippen MR) is 87.0 cm³/mol. The molecule has 0 amide bonds. The van der Waals surface area contributed by atoms with Gasteiger partial charge in [0.1, 0.15) is 0 Å². The quantitative estimate of drug-likeness (QED) is 0.279. The minimum atomic E-state index is -0.833. The summed E-state index contributed by atoms with van der Waals surface area (Å²) in [6.07, 6.45) is 0. The summed E-state index contributed by atoms with van der Waals surface area (Å²) in [6, 6.07) is 0. The van der Waals surface area contributed by atoms with E-state index in [2.05, 4.69) is 0 Å². The van der Waals surface area contributed by atoms with Crippen LogP contribution >= 0.6 is 0 Å². The van der Waals surface area contributed by atoms with E-state index in [0.717, 1.165) is 27.7 Å². The van der Waals surface area contributed by atoms with Gasteiger partial charge in [0.15, 0.2) is 0 Å². The third-order valence-corrected chi connectivity index (χ3v) is 0.167. The molecular weight excluding hydrogens is 323 g/mol. The van der Waals surface area contributed by atoms with Gasteiger partial charge in [-0.2, -0.15) is 0 Å². The molecule has 0 aliphatic rings. The first-order valence-electron chi connectivity index (χ1n) is 5.03. The van der Waals surface area contributed by atoms with Crippen LogP contribution in [0.25, 0.3) is 0 Å². The molecule has 128 valence electrons. The molecular formula is C10H27MgN2NaO8. The van der Waals surface area contributed by atoms with E-state index in [0.29, 0.717) is 13.1 Å². The Hall–Kier alpha value is -0.434. The average molecular weight is 351 g/mol. The van der Waals surface area contributed by atoms with Gasteiger partial charge in [0.05, 0.1) is 0 Å². The Morgan fingerprint density at radius 2 is 0.682 bits per heavy atom. The summed E-state index contributed by atoms with van der Waals surface area (Å²) in [5.41, 5.74) is 9.81. The van der Waals surface area contributed by atoms with Gasteiger partial charge in [-0.25, -0.2) is 0 Å². The number of hydrogen-bond acceptors (Lipinski definition) is 6.